The lowest BCUT2D eigenvalue weighted by Crippen LogP contribution is -2.53. The minimum atomic E-state index is -1.11. The SMILES string of the molecule is CC(=O)CCN1C(=O)C(C)(C)Oc2ccc([N+](=O)[O-])nc21. The number of pyridine rings is 1. The zero-order chi connectivity index (χ0) is 15.8. The fraction of sp³-hybridized carbons (Fsp3) is 0.462. The molecule has 1 aromatic rings. The highest BCUT2D eigenvalue weighted by Gasteiger charge is 2.44. The number of Topliss-reactive ketones (excluding diaryl/α,β-unsaturated/α-hetero) is 1. The summed E-state index contributed by atoms with van der Waals surface area (Å²) in [6, 6.07) is 2.63. The standard InChI is InChI=1S/C13H15N3O5/c1-8(17)6-7-15-11-9(21-13(2,3)12(15)18)4-5-10(14-11)16(19)20/h4-5H,6-7H2,1-3H3. The molecular formula is C13H15N3O5. The number of hydrogen-bond acceptors (Lipinski definition) is 6. The van der Waals surface area contributed by atoms with E-state index in [1.807, 2.05) is 0 Å². The van der Waals surface area contributed by atoms with Crippen molar-refractivity contribution in [3.05, 3.63) is 22.2 Å². The fourth-order valence-electron chi connectivity index (χ4n) is 2.02. The molecule has 0 N–H and O–H groups in total. The fourth-order valence-corrected chi connectivity index (χ4v) is 2.02. The summed E-state index contributed by atoms with van der Waals surface area (Å²) < 4.78 is 5.54. The number of ketones is 1. The van der Waals surface area contributed by atoms with Crippen LogP contribution in [-0.4, -0.2) is 33.7 Å². The maximum absolute atomic E-state index is 12.4. The van der Waals surface area contributed by atoms with E-state index in [0.717, 1.165) is 0 Å². The molecular weight excluding hydrogens is 278 g/mol. The Morgan fingerprint density at radius 1 is 1.48 bits per heavy atom. The summed E-state index contributed by atoms with van der Waals surface area (Å²) in [6.07, 6.45) is 0.144. The van der Waals surface area contributed by atoms with Crippen molar-refractivity contribution in [2.45, 2.75) is 32.8 Å². The summed E-state index contributed by atoms with van der Waals surface area (Å²) in [4.78, 5) is 38.8. The molecule has 112 valence electrons. The van der Waals surface area contributed by atoms with Gasteiger partial charge in [-0.15, -0.1) is 0 Å². The third kappa shape index (κ3) is 2.83. The molecule has 21 heavy (non-hydrogen) atoms. The van der Waals surface area contributed by atoms with Gasteiger partial charge in [0.05, 0.1) is 0 Å². The number of hydrogen-bond donors (Lipinski definition) is 0. The van der Waals surface area contributed by atoms with Crippen LogP contribution in [-0.2, 0) is 9.59 Å². The molecule has 0 unspecified atom stereocenters. The predicted octanol–water partition coefficient (Wildman–Crippen LogP) is 1.47. The lowest BCUT2D eigenvalue weighted by molar-refractivity contribution is -0.389. The topological polar surface area (TPSA) is 103 Å². The number of ether oxygens (including phenoxy) is 1. The van der Waals surface area contributed by atoms with Crippen LogP contribution in [0.4, 0.5) is 11.6 Å². The molecule has 0 aromatic carbocycles. The molecule has 8 heteroatoms. The van der Waals surface area contributed by atoms with Gasteiger partial charge in [-0.05, 0) is 36.7 Å². The zero-order valence-corrected chi connectivity index (χ0v) is 12.0. The first-order valence-corrected chi connectivity index (χ1v) is 6.38. The Kier molecular flexibility index (Phi) is 3.63. The number of anilines is 1. The highest BCUT2D eigenvalue weighted by molar-refractivity contribution is 6.01. The Morgan fingerprint density at radius 3 is 2.71 bits per heavy atom. The monoisotopic (exact) mass is 293 g/mol. The normalized spacial score (nSPS) is 16.1. The van der Waals surface area contributed by atoms with Crippen LogP contribution in [0.3, 0.4) is 0 Å². The molecule has 1 aliphatic rings. The maximum Gasteiger partial charge on any atom is 0.366 e. The first kappa shape index (κ1) is 14.9. The van der Waals surface area contributed by atoms with E-state index in [9.17, 15) is 19.7 Å². The summed E-state index contributed by atoms with van der Waals surface area (Å²) >= 11 is 0. The van der Waals surface area contributed by atoms with E-state index in [4.69, 9.17) is 4.74 Å². The van der Waals surface area contributed by atoms with Crippen molar-refractivity contribution in [2.75, 3.05) is 11.4 Å². The second kappa shape index (κ2) is 5.12. The summed E-state index contributed by atoms with van der Waals surface area (Å²) in [5, 5.41) is 10.8. The average molecular weight is 293 g/mol. The second-order valence-electron chi connectivity index (χ2n) is 5.27. The van der Waals surface area contributed by atoms with Crippen LogP contribution in [0.25, 0.3) is 0 Å². The summed E-state index contributed by atoms with van der Waals surface area (Å²) in [5.74, 6) is -0.482. The first-order chi connectivity index (χ1) is 9.72. The molecule has 2 heterocycles. The molecule has 0 bridgehead atoms. The van der Waals surface area contributed by atoms with Crippen LogP contribution in [0.1, 0.15) is 27.2 Å². The van der Waals surface area contributed by atoms with Gasteiger partial charge >= 0.3 is 5.82 Å². The highest BCUT2D eigenvalue weighted by atomic mass is 16.6. The Hall–Kier alpha value is -2.51. The van der Waals surface area contributed by atoms with Gasteiger partial charge in [-0.25, -0.2) is 0 Å². The summed E-state index contributed by atoms with van der Waals surface area (Å²) in [6.45, 7) is 4.72. The third-order valence-corrected chi connectivity index (χ3v) is 3.08. The van der Waals surface area contributed by atoms with Crippen LogP contribution >= 0.6 is 0 Å². The quantitative estimate of drug-likeness (QED) is 0.615. The minimum absolute atomic E-state index is 0.0785. The van der Waals surface area contributed by atoms with Crippen LogP contribution in [0.15, 0.2) is 12.1 Å². The van der Waals surface area contributed by atoms with Gasteiger partial charge in [-0.3, -0.25) is 14.5 Å². The molecule has 0 saturated heterocycles. The summed E-state index contributed by atoms with van der Waals surface area (Å²) in [5.41, 5.74) is -1.11. The van der Waals surface area contributed by atoms with Gasteiger partial charge in [0, 0.05) is 19.0 Å². The molecule has 0 aliphatic carbocycles. The van der Waals surface area contributed by atoms with Gasteiger partial charge in [0.2, 0.25) is 0 Å². The van der Waals surface area contributed by atoms with Gasteiger partial charge in [0.15, 0.2) is 11.4 Å². The van der Waals surface area contributed by atoms with E-state index < -0.39 is 10.5 Å². The number of aromatic nitrogens is 1. The van der Waals surface area contributed by atoms with E-state index in [1.54, 1.807) is 13.8 Å². The third-order valence-electron chi connectivity index (χ3n) is 3.08. The molecule has 0 spiro atoms. The Labute approximate surface area is 120 Å². The van der Waals surface area contributed by atoms with Crippen molar-refractivity contribution < 1.29 is 19.2 Å². The molecule has 8 nitrogen and oxygen atoms in total. The smallest absolute Gasteiger partial charge is 0.366 e. The van der Waals surface area contributed by atoms with Crippen LogP contribution in [0.2, 0.25) is 0 Å². The summed E-state index contributed by atoms with van der Waals surface area (Å²) in [7, 11) is 0. The van der Waals surface area contributed by atoms with Crippen molar-refractivity contribution in [3.8, 4) is 5.75 Å². The van der Waals surface area contributed by atoms with Crippen molar-refractivity contribution in [1.29, 1.82) is 0 Å². The van der Waals surface area contributed by atoms with Gasteiger partial charge in [0.25, 0.3) is 11.7 Å². The number of carbonyl (C=O) groups is 2. The van der Waals surface area contributed by atoms with Crippen LogP contribution < -0.4 is 9.64 Å². The van der Waals surface area contributed by atoms with Gasteiger partial charge < -0.3 is 14.9 Å². The molecule has 1 amide bonds. The zero-order valence-electron chi connectivity index (χ0n) is 12.0. The average Bonchev–Trinajstić information content (AvgIpc) is 2.38. The van der Waals surface area contributed by atoms with Crippen molar-refractivity contribution in [1.82, 2.24) is 4.98 Å². The van der Waals surface area contributed by atoms with Crippen LogP contribution in [0.5, 0.6) is 5.75 Å². The van der Waals surface area contributed by atoms with Crippen molar-refractivity contribution >= 4 is 23.3 Å². The highest BCUT2D eigenvalue weighted by Crippen LogP contribution is 2.37. The number of fused-ring (bicyclic) bond motifs is 1. The molecule has 2 rings (SSSR count). The van der Waals surface area contributed by atoms with E-state index >= 15 is 0 Å². The van der Waals surface area contributed by atoms with Crippen molar-refractivity contribution in [3.63, 3.8) is 0 Å². The number of rotatable bonds is 4. The Bertz CT molecular complexity index is 626. The minimum Gasteiger partial charge on any atom is -0.472 e. The largest absolute Gasteiger partial charge is 0.472 e. The lowest BCUT2D eigenvalue weighted by atomic mass is 10.0. The molecule has 1 aliphatic heterocycles. The molecule has 0 radical (unpaired) electrons. The number of carbonyl (C=O) groups excluding carboxylic acids is 2. The number of amides is 1. The van der Waals surface area contributed by atoms with Crippen molar-refractivity contribution in [2.24, 2.45) is 0 Å². The number of nitro groups is 1. The Balaban J connectivity index is 2.47. The molecule has 0 fully saturated rings. The van der Waals surface area contributed by atoms with E-state index in [0.29, 0.717) is 0 Å². The lowest BCUT2D eigenvalue weighted by Gasteiger charge is -2.35. The van der Waals surface area contributed by atoms with Crippen LogP contribution in [0, 0.1) is 10.1 Å². The number of nitrogens with zero attached hydrogens (tertiary/aromatic N) is 3. The second-order valence-corrected chi connectivity index (χ2v) is 5.27. The molecule has 0 saturated carbocycles. The first-order valence-electron chi connectivity index (χ1n) is 6.38. The predicted molar refractivity (Wildman–Crippen MR) is 73.2 cm³/mol. The van der Waals surface area contributed by atoms with E-state index in [1.165, 1.54) is 24.0 Å². The van der Waals surface area contributed by atoms with E-state index in [2.05, 4.69) is 4.98 Å². The van der Waals surface area contributed by atoms with Gasteiger partial charge in [0.1, 0.15) is 5.78 Å². The van der Waals surface area contributed by atoms with E-state index in [-0.39, 0.29) is 42.0 Å². The maximum atomic E-state index is 12.4. The van der Waals surface area contributed by atoms with Gasteiger partial charge in [-0.2, -0.15) is 0 Å². The molecule has 0 atom stereocenters. The van der Waals surface area contributed by atoms with Gasteiger partial charge in [-0.1, -0.05) is 0 Å². The Morgan fingerprint density at radius 2 is 2.14 bits per heavy atom. The molecule has 1 aromatic heterocycles.